The number of para-hydroxylation sites is 1. The highest BCUT2D eigenvalue weighted by atomic mass is 16.5. The minimum atomic E-state index is -1.06. The number of amides is 2. The number of carbonyl (C=O) groups is 3. The number of anilines is 2. The van der Waals surface area contributed by atoms with Gasteiger partial charge in [-0.1, -0.05) is 48.5 Å². The molecule has 1 heterocycles. The third-order valence-corrected chi connectivity index (χ3v) is 5.06. The normalized spacial score (nSPS) is 15.1. The number of nitrogen functional groups attached to an aromatic ring is 1. The van der Waals surface area contributed by atoms with Crippen LogP contribution >= 0.6 is 0 Å². The lowest BCUT2D eigenvalue weighted by atomic mass is 10.0. The number of benzene rings is 3. The number of rotatable bonds is 5. The minimum absolute atomic E-state index is 0.173. The van der Waals surface area contributed by atoms with Crippen LogP contribution < -0.4 is 21.1 Å². The topological polar surface area (TPSA) is 120 Å². The lowest BCUT2D eigenvalue weighted by Crippen LogP contribution is -2.42. The van der Waals surface area contributed by atoms with E-state index in [9.17, 15) is 14.4 Å². The van der Waals surface area contributed by atoms with Crippen LogP contribution in [0.4, 0.5) is 11.4 Å². The predicted molar refractivity (Wildman–Crippen MR) is 119 cm³/mol. The van der Waals surface area contributed by atoms with E-state index in [1.165, 1.54) is 19.2 Å². The molecule has 0 spiro atoms. The fourth-order valence-corrected chi connectivity index (χ4v) is 3.42. The summed E-state index contributed by atoms with van der Waals surface area (Å²) in [5.41, 5.74) is 8.65. The average molecular weight is 431 g/mol. The van der Waals surface area contributed by atoms with Crippen molar-refractivity contribution in [1.29, 1.82) is 0 Å². The molecule has 1 aliphatic rings. The minimum Gasteiger partial charge on any atom is -0.469 e. The number of fused-ring (bicyclic) bond motifs is 1. The van der Waals surface area contributed by atoms with E-state index < -0.39 is 23.8 Å². The van der Waals surface area contributed by atoms with Gasteiger partial charge in [-0.05, 0) is 23.8 Å². The second-order valence-electron chi connectivity index (χ2n) is 7.20. The van der Waals surface area contributed by atoms with E-state index in [1.807, 2.05) is 54.6 Å². The Bertz CT molecular complexity index is 1190. The SMILES string of the molecule is COC(=O)C[C@@H]1NC(=O)c2cc(Oc3ccccc3-c3ccccc3)c(N)cc2NC1=O. The zero-order chi connectivity index (χ0) is 22.7. The van der Waals surface area contributed by atoms with Crippen molar-refractivity contribution in [3.05, 3.63) is 72.3 Å². The Hall–Kier alpha value is -4.33. The summed E-state index contributed by atoms with van der Waals surface area (Å²) in [6.45, 7) is 0. The molecule has 2 amide bonds. The van der Waals surface area contributed by atoms with Crippen LogP contribution in [0.15, 0.2) is 66.7 Å². The molecule has 0 saturated carbocycles. The zero-order valence-corrected chi connectivity index (χ0v) is 17.3. The molecule has 32 heavy (non-hydrogen) atoms. The van der Waals surface area contributed by atoms with Gasteiger partial charge < -0.3 is 25.8 Å². The van der Waals surface area contributed by atoms with Gasteiger partial charge in [-0.15, -0.1) is 0 Å². The molecule has 3 aromatic carbocycles. The van der Waals surface area contributed by atoms with Crippen LogP contribution in [0.5, 0.6) is 11.5 Å². The summed E-state index contributed by atoms with van der Waals surface area (Å²) in [5.74, 6) is -0.856. The smallest absolute Gasteiger partial charge is 0.308 e. The molecule has 0 radical (unpaired) electrons. The van der Waals surface area contributed by atoms with Crippen LogP contribution in [0.25, 0.3) is 11.1 Å². The molecular formula is C24H21N3O5. The van der Waals surface area contributed by atoms with Crippen molar-refractivity contribution < 1.29 is 23.9 Å². The predicted octanol–water partition coefficient (Wildman–Crippen LogP) is 3.34. The van der Waals surface area contributed by atoms with Gasteiger partial charge in [-0.3, -0.25) is 14.4 Å². The molecule has 0 bridgehead atoms. The molecule has 4 rings (SSSR count). The lowest BCUT2D eigenvalue weighted by molar-refractivity contribution is -0.142. The molecule has 0 fully saturated rings. The standard InChI is InChI=1S/C24H21N3O5/c1-31-22(28)13-19-24(30)26-18-12-17(25)21(11-16(18)23(29)27-19)32-20-10-6-5-9-15(20)14-7-3-2-4-8-14/h2-12,19H,13,25H2,1H3,(H,26,30)(H,27,29)/t19-/m0/s1. The highest BCUT2D eigenvalue weighted by molar-refractivity contribution is 6.11. The summed E-state index contributed by atoms with van der Waals surface area (Å²) in [4.78, 5) is 36.8. The lowest BCUT2D eigenvalue weighted by Gasteiger charge is -2.15. The summed E-state index contributed by atoms with van der Waals surface area (Å²) in [6.07, 6.45) is -0.286. The van der Waals surface area contributed by atoms with Crippen molar-refractivity contribution in [3.63, 3.8) is 0 Å². The van der Waals surface area contributed by atoms with Crippen molar-refractivity contribution in [1.82, 2.24) is 5.32 Å². The van der Waals surface area contributed by atoms with Gasteiger partial charge in [0.2, 0.25) is 5.91 Å². The first-order chi connectivity index (χ1) is 15.5. The van der Waals surface area contributed by atoms with Crippen molar-refractivity contribution in [3.8, 4) is 22.6 Å². The largest absolute Gasteiger partial charge is 0.469 e. The highest BCUT2D eigenvalue weighted by Crippen LogP contribution is 2.38. The van der Waals surface area contributed by atoms with E-state index in [4.69, 9.17) is 10.5 Å². The van der Waals surface area contributed by atoms with Gasteiger partial charge in [0.15, 0.2) is 5.75 Å². The number of ether oxygens (including phenoxy) is 2. The van der Waals surface area contributed by atoms with Crippen LogP contribution in [-0.2, 0) is 14.3 Å². The number of hydrogen-bond acceptors (Lipinski definition) is 6. The second-order valence-corrected chi connectivity index (χ2v) is 7.20. The van der Waals surface area contributed by atoms with Gasteiger partial charge in [0, 0.05) is 5.56 Å². The quantitative estimate of drug-likeness (QED) is 0.421. The molecule has 0 saturated heterocycles. The van der Waals surface area contributed by atoms with Gasteiger partial charge in [-0.2, -0.15) is 0 Å². The summed E-state index contributed by atoms with van der Waals surface area (Å²) < 4.78 is 10.7. The monoisotopic (exact) mass is 431 g/mol. The van der Waals surface area contributed by atoms with Crippen molar-refractivity contribution >= 4 is 29.2 Å². The average Bonchev–Trinajstić information content (AvgIpc) is 2.91. The molecule has 8 nitrogen and oxygen atoms in total. The first kappa shape index (κ1) is 20.9. The summed E-state index contributed by atoms with van der Waals surface area (Å²) in [7, 11) is 1.21. The Balaban J connectivity index is 1.66. The van der Waals surface area contributed by atoms with Gasteiger partial charge >= 0.3 is 5.97 Å². The molecule has 1 atom stereocenters. The molecule has 8 heteroatoms. The Kier molecular flexibility index (Phi) is 5.76. The first-order valence-corrected chi connectivity index (χ1v) is 9.90. The Morgan fingerprint density at radius 1 is 0.969 bits per heavy atom. The summed E-state index contributed by atoms with van der Waals surface area (Å²) >= 11 is 0. The highest BCUT2D eigenvalue weighted by Gasteiger charge is 2.31. The van der Waals surface area contributed by atoms with E-state index in [0.29, 0.717) is 5.75 Å². The molecule has 1 aliphatic heterocycles. The van der Waals surface area contributed by atoms with Crippen LogP contribution in [-0.4, -0.2) is 30.9 Å². The third kappa shape index (κ3) is 4.24. The molecule has 0 aliphatic carbocycles. The molecular weight excluding hydrogens is 410 g/mol. The fourth-order valence-electron chi connectivity index (χ4n) is 3.42. The van der Waals surface area contributed by atoms with E-state index in [-0.39, 0.29) is 29.1 Å². The Labute approximate surface area is 184 Å². The van der Waals surface area contributed by atoms with Crippen molar-refractivity contribution in [2.24, 2.45) is 0 Å². The number of carbonyl (C=O) groups excluding carboxylic acids is 3. The van der Waals surface area contributed by atoms with E-state index in [1.54, 1.807) is 0 Å². The molecule has 162 valence electrons. The zero-order valence-electron chi connectivity index (χ0n) is 17.3. The van der Waals surface area contributed by atoms with Gasteiger partial charge in [0.25, 0.3) is 5.91 Å². The van der Waals surface area contributed by atoms with Gasteiger partial charge in [0.1, 0.15) is 11.8 Å². The van der Waals surface area contributed by atoms with Crippen LogP contribution in [0.2, 0.25) is 0 Å². The van der Waals surface area contributed by atoms with E-state index >= 15 is 0 Å². The summed E-state index contributed by atoms with van der Waals surface area (Å²) in [6, 6.07) is 19.1. The number of hydrogen-bond donors (Lipinski definition) is 3. The third-order valence-electron chi connectivity index (χ3n) is 5.06. The first-order valence-electron chi connectivity index (χ1n) is 9.90. The number of nitrogens with one attached hydrogen (secondary N) is 2. The summed E-state index contributed by atoms with van der Waals surface area (Å²) in [5, 5.41) is 5.19. The van der Waals surface area contributed by atoms with Crippen LogP contribution in [0, 0.1) is 0 Å². The molecule has 0 aromatic heterocycles. The maximum atomic E-state index is 12.8. The number of nitrogens with two attached hydrogens (primary N) is 1. The van der Waals surface area contributed by atoms with E-state index in [2.05, 4.69) is 15.4 Å². The maximum absolute atomic E-state index is 12.8. The van der Waals surface area contributed by atoms with Gasteiger partial charge in [0.05, 0.1) is 30.5 Å². The molecule has 3 aromatic rings. The molecule has 4 N–H and O–H groups in total. The van der Waals surface area contributed by atoms with Crippen molar-refractivity contribution in [2.75, 3.05) is 18.2 Å². The second kappa shape index (κ2) is 8.81. The Morgan fingerprint density at radius 3 is 2.44 bits per heavy atom. The van der Waals surface area contributed by atoms with Crippen LogP contribution in [0.1, 0.15) is 16.8 Å². The fraction of sp³-hybridized carbons (Fsp3) is 0.125. The maximum Gasteiger partial charge on any atom is 0.308 e. The number of esters is 1. The number of methoxy groups -OCH3 is 1. The van der Waals surface area contributed by atoms with Crippen molar-refractivity contribution in [2.45, 2.75) is 12.5 Å². The van der Waals surface area contributed by atoms with E-state index in [0.717, 1.165) is 11.1 Å². The molecule has 0 unspecified atom stereocenters. The van der Waals surface area contributed by atoms with Crippen LogP contribution in [0.3, 0.4) is 0 Å². The van der Waals surface area contributed by atoms with Gasteiger partial charge in [-0.25, -0.2) is 0 Å². The Morgan fingerprint density at radius 2 is 1.69 bits per heavy atom.